The summed E-state index contributed by atoms with van der Waals surface area (Å²) in [6.07, 6.45) is -3.44. The summed E-state index contributed by atoms with van der Waals surface area (Å²) in [6.45, 7) is 4.88. The summed E-state index contributed by atoms with van der Waals surface area (Å²) in [5, 5.41) is 12.5. The Kier molecular flexibility index (Phi) is 5.69. The Hall–Kier alpha value is -2.84. The number of nitrogens with zero attached hydrogens (tertiary/aromatic N) is 3. The highest BCUT2D eigenvalue weighted by Crippen LogP contribution is 2.33. The zero-order chi connectivity index (χ0) is 19.5. The topological polar surface area (TPSA) is 75.4 Å². The largest absolute Gasteiger partial charge is 0.478 e. The third-order valence-corrected chi connectivity index (χ3v) is 3.79. The molecule has 0 saturated carbocycles. The van der Waals surface area contributed by atoms with Crippen LogP contribution in [0.4, 0.5) is 13.2 Å². The predicted octanol–water partition coefficient (Wildman–Crippen LogP) is 3.46. The van der Waals surface area contributed by atoms with E-state index in [1.807, 2.05) is 13.8 Å². The van der Waals surface area contributed by atoms with Crippen LogP contribution in [0, 0.1) is 0 Å². The van der Waals surface area contributed by atoms with Gasteiger partial charge in [0.1, 0.15) is 5.56 Å². The lowest BCUT2D eigenvalue weighted by Gasteiger charge is -2.20. The number of carboxylic acid groups (broad SMARTS) is 1. The van der Waals surface area contributed by atoms with E-state index in [2.05, 4.69) is 5.10 Å². The molecule has 0 unspecified atom stereocenters. The van der Waals surface area contributed by atoms with E-state index in [9.17, 15) is 22.8 Å². The highest BCUT2D eigenvalue weighted by Gasteiger charge is 2.40. The second kappa shape index (κ2) is 7.59. The number of halogens is 3. The SMILES string of the molecule is CCCN(CC)C(=O)c1ccc(-n2ncc(C(=O)O)c2C(F)(F)F)cc1. The predicted molar refractivity (Wildman–Crippen MR) is 87.4 cm³/mol. The lowest BCUT2D eigenvalue weighted by Crippen LogP contribution is -2.31. The molecule has 1 aromatic carbocycles. The molecule has 1 aromatic heterocycles. The Balaban J connectivity index is 2.41. The van der Waals surface area contributed by atoms with Gasteiger partial charge < -0.3 is 10.0 Å². The van der Waals surface area contributed by atoms with E-state index in [0.29, 0.717) is 29.5 Å². The molecule has 2 rings (SSSR count). The van der Waals surface area contributed by atoms with Gasteiger partial charge in [0.15, 0.2) is 5.69 Å². The van der Waals surface area contributed by atoms with E-state index in [0.717, 1.165) is 6.42 Å². The number of carboxylic acids is 1. The van der Waals surface area contributed by atoms with Crippen LogP contribution in [0.5, 0.6) is 0 Å². The maximum Gasteiger partial charge on any atom is 0.434 e. The molecule has 0 radical (unpaired) electrons. The second-order valence-electron chi connectivity index (χ2n) is 5.55. The minimum Gasteiger partial charge on any atom is -0.478 e. The van der Waals surface area contributed by atoms with Crippen molar-refractivity contribution in [3.8, 4) is 5.69 Å². The number of aromatic carboxylic acids is 1. The summed E-state index contributed by atoms with van der Waals surface area (Å²) in [5.41, 5.74) is -1.95. The molecule has 1 heterocycles. The van der Waals surface area contributed by atoms with Gasteiger partial charge in [-0.3, -0.25) is 4.79 Å². The number of hydrogen-bond acceptors (Lipinski definition) is 3. The molecule has 2 aromatic rings. The third-order valence-electron chi connectivity index (χ3n) is 3.79. The summed E-state index contributed by atoms with van der Waals surface area (Å²) in [4.78, 5) is 25.0. The van der Waals surface area contributed by atoms with Gasteiger partial charge in [-0.25, -0.2) is 9.48 Å². The van der Waals surface area contributed by atoms with E-state index in [4.69, 9.17) is 5.11 Å². The summed E-state index contributed by atoms with van der Waals surface area (Å²) in [7, 11) is 0. The Labute approximate surface area is 147 Å². The second-order valence-corrected chi connectivity index (χ2v) is 5.55. The smallest absolute Gasteiger partial charge is 0.434 e. The molecule has 1 amide bonds. The van der Waals surface area contributed by atoms with E-state index in [1.165, 1.54) is 24.3 Å². The van der Waals surface area contributed by atoms with Crippen LogP contribution in [0.1, 0.15) is 46.7 Å². The first kappa shape index (κ1) is 19.5. The molecule has 0 aliphatic rings. The molecule has 1 N–H and O–H groups in total. The van der Waals surface area contributed by atoms with Gasteiger partial charge in [0.25, 0.3) is 5.91 Å². The lowest BCUT2D eigenvalue weighted by molar-refractivity contribution is -0.143. The fraction of sp³-hybridized carbons (Fsp3) is 0.353. The monoisotopic (exact) mass is 369 g/mol. The van der Waals surface area contributed by atoms with Gasteiger partial charge in [-0.2, -0.15) is 18.3 Å². The van der Waals surface area contributed by atoms with E-state index in [-0.39, 0.29) is 11.6 Å². The van der Waals surface area contributed by atoms with E-state index < -0.39 is 23.4 Å². The molecule has 0 spiro atoms. The normalized spacial score (nSPS) is 11.4. The Morgan fingerprint density at radius 3 is 2.27 bits per heavy atom. The number of carbonyl (C=O) groups excluding carboxylic acids is 1. The van der Waals surface area contributed by atoms with Crippen molar-refractivity contribution in [1.82, 2.24) is 14.7 Å². The third kappa shape index (κ3) is 3.87. The van der Waals surface area contributed by atoms with Crippen molar-refractivity contribution in [2.75, 3.05) is 13.1 Å². The van der Waals surface area contributed by atoms with Crippen molar-refractivity contribution in [3.63, 3.8) is 0 Å². The molecule has 0 saturated heterocycles. The molecule has 140 valence electrons. The Bertz CT molecular complexity index is 798. The standard InChI is InChI=1S/C17H18F3N3O3/c1-3-9-22(4-2)15(24)11-5-7-12(8-6-11)23-14(17(18,19)20)13(10-21-23)16(25)26/h5-8,10H,3-4,9H2,1-2H3,(H,25,26). The zero-order valence-corrected chi connectivity index (χ0v) is 14.2. The zero-order valence-electron chi connectivity index (χ0n) is 14.2. The maximum atomic E-state index is 13.2. The first-order valence-corrected chi connectivity index (χ1v) is 7.98. The van der Waals surface area contributed by atoms with Crippen LogP contribution in [0.3, 0.4) is 0 Å². The minimum absolute atomic E-state index is 0.0138. The number of alkyl halides is 3. The van der Waals surface area contributed by atoms with Crippen molar-refractivity contribution >= 4 is 11.9 Å². The van der Waals surface area contributed by atoms with Gasteiger partial charge in [-0.05, 0) is 37.6 Å². The van der Waals surface area contributed by atoms with E-state index >= 15 is 0 Å². The van der Waals surface area contributed by atoms with Crippen LogP contribution in [0.15, 0.2) is 30.5 Å². The van der Waals surface area contributed by atoms with E-state index in [1.54, 1.807) is 4.90 Å². The minimum atomic E-state index is -4.89. The van der Waals surface area contributed by atoms with Gasteiger partial charge in [0.2, 0.25) is 0 Å². The number of hydrogen-bond donors (Lipinski definition) is 1. The first-order valence-electron chi connectivity index (χ1n) is 7.98. The fourth-order valence-electron chi connectivity index (χ4n) is 2.57. The molecular weight excluding hydrogens is 351 g/mol. The van der Waals surface area contributed by atoms with Gasteiger partial charge in [-0.1, -0.05) is 6.92 Å². The van der Waals surface area contributed by atoms with Gasteiger partial charge >= 0.3 is 12.1 Å². The average Bonchev–Trinajstić information content (AvgIpc) is 3.05. The summed E-state index contributed by atoms with van der Waals surface area (Å²) >= 11 is 0. The molecular formula is C17H18F3N3O3. The molecule has 0 aliphatic carbocycles. The van der Waals surface area contributed by atoms with Crippen molar-refractivity contribution in [2.45, 2.75) is 26.4 Å². The maximum absolute atomic E-state index is 13.2. The number of benzene rings is 1. The summed E-state index contributed by atoms with van der Waals surface area (Å²) in [6, 6.07) is 5.41. The van der Waals surface area contributed by atoms with Crippen LogP contribution in [-0.4, -0.2) is 44.8 Å². The fourth-order valence-corrected chi connectivity index (χ4v) is 2.57. The average molecular weight is 369 g/mol. The molecule has 0 atom stereocenters. The van der Waals surface area contributed by atoms with Crippen molar-refractivity contribution in [3.05, 3.63) is 47.3 Å². The number of rotatable bonds is 6. The molecule has 0 aliphatic heterocycles. The van der Waals surface area contributed by atoms with Crippen LogP contribution in [-0.2, 0) is 6.18 Å². The number of aromatic nitrogens is 2. The lowest BCUT2D eigenvalue weighted by atomic mass is 10.1. The van der Waals surface area contributed by atoms with Crippen molar-refractivity contribution in [2.24, 2.45) is 0 Å². The number of carbonyl (C=O) groups is 2. The van der Waals surface area contributed by atoms with Crippen LogP contribution in [0.25, 0.3) is 5.69 Å². The molecule has 26 heavy (non-hydrogen) atoms. The molecule has 6 nitrogen and oxygen atoms in total. The van der Waals surface area contributed by atoms with Crippen molar-refractivity contribution in [1.29, 1.82) is 0 Å². The first-order chi connectivity index (χ1) is 12.2. The molecule has 0 fully saturated rings. The number of amides is 1. The van der Waals surface area contributed by atoms with Crippen LogP contribution >= 0.6 is 0 Å². The molecule has 9 heteroatoms. The van der Waals surface area contributed by atoms with Gasteiger partial charge in [0.05, 0.1) is 11.9 Å². The Morgan fingerprint density at radius 1 is 1.19 bits per heavy atom. The van der Waals surface area contributed by atoms with Crippen molar-refractivity contribution < 1.29 is 27.9 Å². The van der Waals surface area contributed by atoms with Gasteiger partial charge in [-0.15, -0.1) is 0 Å². The highest BCUT2D eigenvalue weighted by atomic mass is 19.4. The summed E-state index contributed by atoms with van der Waals surface area (Å²) < 4.78 is 40.3. The highest BCUT2D eigenvalue weighted by molar-refractivity contribution is 5.94. The summed E-state index contributed by atoms with van der Waals surface area (Å²) in [5.74, 6) is -1.93. The van der Waals surface area contributed by atoms with Crippen LogP contribution in [0.2, 0.25) is 0 Å². The molecule has 0 bridgehead atoms. The quantitative estimate of drug-likeness (QED) is 0.846. The van der Waals surface area contributed by atoms with Crippen LogP contribution < -0.4 is 0 Å². The van der Waals surface area contributed by atoms with Gasteiger partial charge in [0, 0.05) is 18.7 Å². The Morgan fingerprint density at radius 2 is 1.81 bits per heavy atom.